The summed E-state index contributed by atoms with van der Waals surface area (Å²) in [6, 6.07) is 5.80. The van der Waals surface area contributed by atoms with Crippen molar-refractivity contribution in [1.29, 1.82) is 0 Å². The molecule has 3 rings (SSSR count). The topological polar surface area (TPSA) is 166 Å². The molecule has 2 N–H and O–H groups in total. The third-order valence-corrected chi connectivity index (χ3v) is 6.54. The molecule has 188 valence electrons. The van der Waals surface area contributed by atoms with Crippen molar-refractivity contribution in [3.8, 4) is 5.88 Å². The van der Waals surface area contributed by atoms with E-state index in [-0.39, 0.29) is 39.9 Å². The number of hydrogen-bond donors (Lipinski definition) is 2. The monoisotopic (exact) mass is 504 g/mol. The minimum Gasteiger partial charge on any atom is -0.593 e. The van der Waals surface area contributed by atoms with Crippen molar-refractivity contribution in [2.24, 2.45) is 10.4 Å². The van der Waals surface area contributed by atoms with E-state index in [0.717, 1.165) is 37.7 Å². The Labute approximate surface area is 203 Å². The summed E-state index contributed by atoms with van der Waals surface area (Å²) in [5.41, 5.74) is 0.331. The van der Waals surface area contributed by atoms with Gasteiger partial charge >= 0.3 is 15.7 Å². The maximum atomic E-state index is 13.1. The van der Waals surface area contributed by atoms with E-state index in [9.17, 15) is 23.2 Å². The minimum absolute atomic E-state index is 0.186. The van der Waals surface area contributed by atoms with E-state index >= 15 is 0 Å². The summed E-state index contributed by atoms with van der Waals surface area (Å²) >= 11 is 0. The van der Waals surface area contributed by atoms with E-state index in [1.165, 1.54) is 26.0 Å². The van der Waals surface area contributed by atoms with E-state index in [4.69, 9.17) is 4.74 Å². The second kappa shape index (κ2) is 11.2. The highest BCUT2D eigenvalue weighted by atomic mass is 32.2. The lowest BCUT2D eigenvalue weighted by Crippen LogP contribution is -2.19. The quantitative estimate of drug-likeness (QED) is 0.312. The summed E-state index contributed by atoms with van der Waals surface area (Å²) in [6.07, 6.45) is 5.11. The van der Waals surface area contributed by atoms with E-state index < -0.39 is 27.5 Å². The van der Waals surface area contributed by atoms with Crippen LogP contribution in [0.15, 0.2) is 33.7 Å². The smallest absolute Gasteiger partial charge is 0.349 e. The highest BCUT2D eigenvalue weighted by molar-refractivity contribution is 7.89. The molecule has 1 heterocycles. The average molecular weight is 505 g/mol. The van der Waals surface area contributed by atoms with Crippen LogP contribution in [0.25, 0.3) is 0 Å². The molecule has 1 aromatic heterocycles. The SMILES string of the molecule is CC(=O)Nc1nc(NC(C)=O)c(/[N+]([O-])=N/S(=O)(=O)c2ccc(C)cc2)c(OCC2CCCCC2)n1. The summed E-state index contributed by atoms with van der Waals surface area (Å²) in [6.45, 7) is 4.42. The van der Waals surface area contributed by atoms with Crippen molar-refractivity contribution in [3.63, 3.8) is 0 Å². The Morgan fingerprint density at radius 2 is 1.71 bits per heavy atom. The van der Waals surface area contributed by atoms with E-state index in [1.807, 2.05) is 0 Å². The molecule has 0 atom stereocenters. The molecule has 1 saturated carbocycles. The van der Waals surface area contributed by atoms with Gasteiger partial charge in [0.15, 0.2) is 0 Å². The molecule has 1 aromatic carbocycles. The predicted octanol–water partition coefficient (Wildman–Crippen LogP) is 3.64. The molecule has 35 heavy (non-hydrogen) atoms. The molecule has 1 aliphatic carbocycles. The van der Waals surface area contributed by atoms with Gasteiger partial charge in [0.05, 0.1) is 11.5 Å². The molecule has 1 aliphatic rings. The summed E-state index contributed by atoms with van der Waals surface area (Å²) < 4.78 is 34.7. The Hall–Kier alpha value is -3.61. The van der Waals surface area contributed by atoms with Crippen LogP contribution in [0.4, 0.5) is 17.5 Å². The number of nitrogens with one attached hydrogen (secondary N) is 2. The number of nitrogens with zero attached hydrogens (tertiary/aromatic N) is 4. The summed E-state index contributed by atoms with van der Waals surface area (Å²) in [5.74, 6) is -1.75. The molecule has 0 saturated heterocycles. The van der Waals surface area contributed by atoms with Crippen molar-refractivity contribution in [2.45, 2.75) is 57.8 Å². The first kappa shape index (κ1) is 26.0. The van der Waals surface area contributed by atoms with Crippen LogP contribution in [0.1, 0.15) is 51.5 Å². The summed E-state index contributed by atoms with van der Waals surface area (Å²) in [7, 11) is -4.41. The van der Waals surface area contributed by atoms with E-state index in [0.29, 0.717) is 0 Å². The highest BCUT2D eigenvalue weighted by Gasteiger charge is 2.30. The minimum atomic E-state index is -4.41. The predicted molar refractivity (Wildman–Crippen MR) is 127 cm³/mol. The van der Waals surface area contributed by atoms with Crippen molar-refractivity contribution in [2.75, 3.05) is 17.2 Å². The van der Waals surface area contributed by atoms with Crippen molar-refractivity contribution in [1.82, 2.24) is 9.97 Å². The molecule has 0 radical (unpaired) electrons. The number of benzene rings is 1. The van der Waals surface area contributed by atoms with Crippen molar-refractivity contribution >= 4 is 39.3 Å². The molecule has 2 aromatic rings. The highest BCUT2D eigenvalue weighted by Crippen LogP contribution is 2.35. The van der Waals surface area contributed by atoms with Crippen molar-refractivity contribution < 1.29 is 27.6 Å². The molecular formula is C22H28N6O6S. The van der Waals surface area contributed by atoms with Gasteiger partial charge in [0.2, 0.25) is 23.6 Å². The van der Waals surface area contributed by atoms with Crippen LogP contribution in [0.2, 0.25) is 0 Å². The second-order valence-electron chi connectivity index (χ2n) is 8.37. The van der Waals surface area contributed by atoms with E-state index in [2.05, 4.69) is 25.1 Å². The van der Waals surface area contributed by atoms with Gasteiger partial charge in [-0.3, -0.25) is 14.9 Å². The zero-order valence-electron chi connectivity index (χ0n) is 19.8. The number of carbonyl (C=O) groups is 2. The fourth-order valence-corrected chi connectivity index (χ4v) is 4.47. The van der Waals surface area contributed by atoms with Crippen LogP contribution in [0.3, 0.4) is 0 Å². The largest absolute Gasteiger partial charge is 0.593 e. The number of aromatic nitrogens is 2. The summed E-state index contributed by atoms with van der Waals surface area (Å²) in [5, 5.41) is 17.8. The number of amides is 2. The standard InChI is InChI=1S/C22H28N6O6S/c1-14-9-11-18(12-10-14)35(32,33)27-28(31)19-20(23-15(2)29)25-22(24-16(3)30)26-21(19)34-13-17-7-5-4-6-8-17/h9-12,17H,4-8,13H2,1-3H3,(H2,23,24,25,26,29,30)/b28-27-. The summed E-state index contributed by atoms with van der Waals surface area (Å²) in [4.78, 5) is 31.1. The number of carbonyl (C=O) groups excluding carboxylic acids is 2. The van der Waals surface area contributed by atoms with Gasteiger partial charge in [-0.05, 0) is 42.7 Å². The van der Waals surface area contributed by atoms with Crippen LogP contribution in [-0.4, -0.2) is 41.7 Å². The lowest BCUT2D eigenvalue weighted by Gasteiger charge is -2.21. The van der Waals surface area contributed by atoms with Gasteiger partial charge in [0.1, 0.15) is 4.52 Å². The third-order valence-electron chi connectivity index (χ3n) is 5.31. The number of sulfonamides is 1. The Bertz CT molecular complexity index is 1220. The molecule has 12 nitrogen and oxygen atoms in total. The number of aryl methyl sites for hydroxylation is 1. The molecule has 0 aliphatic heterocycles. The number of ether oxygens (including phenoxy) is 1. The van der Waals surface area contributed by atoms with Gasteiger partial charge in [0, 0.05) is 13.8 Å². The third kappa shape index (κ3) is 7.18. The molecular weight excluding hydrogens is 476 g/mol. The maximum absolute atomic E-state index is 13.1. The zero-order valence-corrected chi connectivity index (χ0v) is 20.6. The Morgan fingerprint density at radius 1 is 1.09 bits per heavy atom. The first-order valence-corrected chi connectivity index (χ1v) is 12.6. The average Bonchev–Trinajstić information content (AvgIpc) is 2.77. The van der Waals surface area contributed by atoms with Gasteiger partial charge < -0.3 is 15.3 Å². The fourth-order valence-electron chi connectivity index (χ4n) is 3.62. The Kier molecular flexibility index (Phi) is 8.33. The normalized spacial score (nSPS) is 14.9. The number of hydrogen-bond acceptors (Lipinski definition) is 8. The first-order valence-electron chi connectivity index (χ1n) is 11.2. The van der Waals surface area contributed by atoms with Gasteiger partial charge in [-0.2, -0.15) is 18.4 Å². The lowest BCUT2D eigenvalue weighted by atomic mass is 9.90. The van der Waals surface area contributed by atoms with Gasteiger partial charge in [0.25, 0.3) is 5.88 Å². The van der Waals surface area contributed by atoms with Crippen LogP contribution in [-0.2, 0) is 19.6 Å². The molecule has 0 unspecified atom stereocenters. The Balaban J connectivity index is 2.08. The van der Waals surface area contributed by atoms with Gasteiger partial charge in [-0.15, -0.1) is 0 Å². The van der Waals surface area contributed by atoms with Gasteiger partial charge in [-0.25, -0.2) is 0 Å². The van der Waals surface area contributed by atoms with Crippen LogP contribution in [0, 0.1) is 18.0 Å². The zero-order chi connectivity index (χ0) is 25.6. The van der Waals surface area contributed by atoms with E-state index in [1.54, 1.807) is 19.1 Å². The lowest BCUT2D eigenvalue weighted by molar-refractivity contribution is -0.430. The van der Waals surface area contributed by atoms with Crippen LogP contribution < -0.4 is 15.4 Å². The molecule has 13 heteroatoms. The van der Waals surface area contributed by atoms with Crippen LogP contribution >= 0.6 is 0 Å². The maximum Gasteiger partial charge on any atom is 0.349 e. The fraction of sp³-hybridized carbons (Fsp3) is 0.455. The van der Waals surface area contributed by atoms with Crippen molar-refractivity contribution in [3.05, 3.63) is 35.0 Å². The molecule has 0 bridgehead atoms. The Morgan fingerprint density at radius 3 is 2.31 bits per heavy atom. The molecule has 2 amide bonds. The van der Waals surface area contributed by atoms with Crippen LogP contribution in [0.5, 0.6) is 5.88 Å². The molecule has 1 fully saturated rings. The first-order chi connectivity index (χ1) is 16.5. The second-order valence-corrected chi connectivity index (χ2v) is 9.95. The molecule has 0 spiro atoms. The number of rotatable bonds is 8. The number of anilines is 2. The van der Waals surface area contributed by atoms with Gasteiger partial charge in [-0.1, -0.05) is 37.0 Å².